The number of aliphatic hydroxyl groups excluding tert-OH is 1. The number of rotatable bonds is 3. The predicted molar refractivity (Wildman–Crippen MR) is 50.5 cm³/mol. The quantitative estimate of drug-likeness (QED) is 0.530. The van der Waals surface area contributed by atoms with Gasteiger partial charge in [-0.05, 0) is 6.92 Å². The van der Waals surface area contributed by atoms with Crippen LogP contribution in [0.5, 0.6) is 0 Å². The average Bonchev–Trinajstić information content (AvgIpc) is 1.85. The zero-order valence-electron chi connectivity index (χ0n) is 7.50. The van der Waals surface area contributed by atoms with Crippen molar-refractivity contribution >= 4 is 16.8 Å². The van der Waals surface area contributed by atoms with Gasteiger partial charge in [-0.15, -0.1) is 0 Å². The Morgan fingerprint density at radius 2 is 2.00 bits per heavy atom. The SMILES string of the molecule is C=C(O)C(Cl)=NC(C)(O)C(C)C. The number of allylic oxidation sites excluding steroid dienone is 1. The lowest BCUT2D eigenvalue weighted by atomic mass is 10.0. The van der Waals surface area contributed by atoms with Crippen molar-refractivity contribution in [1.29, 1.82) is 0 Å². The van der Waals surface area contributed by atoms with E-state index in [9.17, 15) is 5.11 Å². The van der Waals surface area contributed by atoms with Gasteiger partial charge < -0.3 is 10.2 Å². The van der Waals surface area contributed by atoms with E-state index in [1.807, 2.05) is 0 Å². The first-order chi connectivity index (χ1) is 5.27. The Labute approximate surface area is 77.4 Å². The minimum Gasteiger partial charge on any atom is -0.505 e. The highest BCUT2D eigenvalue weighted by Crippen LogP contribution is 2.19. The lowest BCUT2D eigenvalue weighted by Gasteiger charge is -2.22. The summed E-state index contributed by atoms with van der Waals surface area (Å²) in [5, 5.41) is 18.2. The zero-order valence-corrected chi connectivity index (χ0v) is 8.26. The summed E-state index contributed by atoms with van der Waals surface area (Å²) in [6, 6.07) is 0. The molecule has 0 spiro atoms. The smallest absolute Gasteiger partial charge is 0.167 e. The summed E-state index contributed by atoms with van der Waals surface area (Å²) in [6.45, 7) is 8.30. The zero-order chi connectivity index (χ0) is 9.94. The average molecular weight is 192 g/mol. The van der Waals surface area contributed by atoms with E-state index in [1.165, 1.54) is 6.92 Å². The first-order valence-corrected chi connectivity index (χ1v) is 4.01. The van der Waals surface area contributed by atoms with Crippen molar-refractivity contribution in [3.8, 4) is 0 Å². The molecule has 0 aliphatic carbocycles. The van der Waals surface area contributed by atoms with Gasteiger partial charge in [-0.25, -0.2) is 4.99 Å². The van der Waals surface area contributed by atoms with Gasteiger partial charge in [0.2, 0.25) is 0 Å². The van der Waals surface area contributed by atoms with Crippen molar-refractivity contribution in [1.82, 2.24) is 0 Å². The van der Waals surface area contributed by atoms with Crippen molar-refractivity contribution in [2.45, 2.75) is 26.5 Å². The molecule has 0 aliphatic heterocycles. The maximum atomic E-state index is 9.59. The summed E-state index contributed by atoms with van der Waals surface area (Å²) in [6.07, 6.45) is 0. The van der Waals surface area contributed by atoms with Crippen LogP contribution in [0, 0.1) is 5.92 Å². The Morgan fingerprint density at radius 3 is 2.25 bits per heavy atom. The molecule has 0 saturated heterocycles. The lowest BCUT2D eigenvalue weighted by molar-refractivity contribution is 0.0229. The third-order valence-corrected chi connectivity index (χ3v) is 1.96. The molecule has 1 unspecified atom stereocenters. The van der Waals surface area contributed by atoms with E-state index < -0.39 is 5.72 Å². The van der Waals surface area contributed by atoms with Gasteiger partial charge in [0.1, 0.15) is 5.76 Å². The summed E-state index contributed by atoms with van der Waals surface area (Å²) in [4.78, 5) is 3.70. The second-order valence-corrected chi connectivity index (χ2v) is 3.46. The van der Waals surface area contributed by atoms with E-state index in [0.29, 0.717) is 0 Å². The molecule has 70 valence electrons. The number of hydrogen-bond donors (Lipinski definition) is 2. The monoisotopic (exact) mass is 191 g/mol. The molecule has 0 amide bonds. The minimum atomic E-state index is -1.26. The summed E-state index contributed by atoms with van der Waals surface area (Å²) < 4.78 is 0. The largest absolute Gasteiger partial charge is 0.505 e. The molecule has 4 heteroatoms. The Hall–Kier alpha value is -0.540. The minimum absolute atomic E-state index is 0.0781. The van der Waals surface area contributed by atoms with Crippen LogP contribution in [0.2, 0.25) is 0 Å². The molecule has 0 heterocycles. The van der Waals surface area contributed by atoms with Crippen LogP contribution in [0.4, 0.5) is 0 Å². The van der Waals surface area contributed by atoms with E-state index in [-0.39, 0.29) is 16.8 Å². The molecular weight excluding hydrogens is 178 g/mol. The van der Waals surface area contributed by atoms with Gasteiger partial charge in [0.05, 0.1) is 0 Å². The van der Waals surface area contributed by atoms with E-state index in [2.05, 4.69) is 11.6 Å². The standard InChI is InChI=1S/C8H14ClNO2/c1-5(2)8(4,12)10-7(9)6(3)11/h5,11-12H,3H2,1-2,4H3. The summed E-state index contributed by atoms with van der Waals surface area (Å²) in [7, 11) is 0. The van der Waals surface area contributed by atoms with Crippen LogP contribution >= 0.6 is 11.6 Å². The Morgan fingerprint density at radius 1 is 1.58 bits per heavy atom. The maximum Gasteiger partial charge on any atom is 0.167 e. The number of halogens is 1. The van der Waals surface area contributed by atoms with Gasteiger partial charge >= 0.3 is 0 Å². The molecule has 0 radical (unpaired) electrons. The topological polar surface area (TPSA) is 52.8 Å². The molecule has 0 aromatic carbocycles. The van der Waals surface area contributed by atoms with E-state index in [1.54, 1.807) is 13.8 Å². The normalized spacial score (nSPS) is 17.7. The third kappa shape index (κ3) is 3.24. The highest BCUT2D eigenvalue weighted by atomic mass is 35.5. The van der Waals surface area contributed by atoms with Crippen LogP contribution in [0.25, 0.3) is 0 Å². The molecule has 0 aromatic rings. The molecule has 0 aliphatic rings. The fourth-order valence-corrected chi connectivity index (χ4v) is 0.563. The molecule has 0 bridgehead atoms. The van der Waals surface area contributed by atoms with Crippen LogP contribution < -0.4 is 0 Å². The van der Waals surface area contributed by atoms with Crippen LogP contribution in [-0.2, 0) is 0 Å². The van der Waals surface area contributed by atoms with Crippen molar-refractivity contribution in [2.24, 2.45) is 10.9 Å². The lowest BCUT2D eigenvalue weighted by Crippen LogP contribution is -2.29. The maximum absolute atomic E-state index is 9.59. The molecule has 0 aromatic heterocycles. The van der Waals surface area contributed by atoms with Crippen molar-refractivity contribution in [3.63, 3.8) is 0 Å². The second kappa shape index (κ2) is 3.92. The fourth-order valence-electron chi connectivity index (χ4n) is 0.392. The molecule has 0 fully saturated rings. The molecule has 3 nitrogen and oxygen atoms in total. The first-order valence-electron chi connectivity index (χ1n) is 3.63. The summed E-state index contributed by atoms with van der Waals surface area (Å²) >= 11 is 5.48. The predicted octanol–water partition coefficient (Wildman–Crippen LogP) is 2.06. The Balaban J connectivity index is 4.61. The first kappa shape index (κ1) is 11.5. The summed E-state index contributed by atoms with van der Waals surface area (Å²) in [5.74, 6) is -0.414. The van der Waals surface area contributed by atoms with Gasteiger partial charge in [0.25, 0.3) is 0 Å². The Kier molecular flexibility index (Phi) is 3.74. The van der Waals surface area contributed by atoms with Crippen molar-refractivity contribution in [3.05, 3.63) is 12.3 Å². The van der Waals surface area contributed by atoms with E-state index in [0.717, 1.165) is 0 Å². The van der Waals surface area contributed by atoms with Gasteiger partial charge in [-0.3, -0.25) is 0 Å². The Bertz CT molecular complexity index is 209. The molecule has 2 N–H and O–H groups in total. The van der Waals surface area contributed by atoms with Crippen LogP contribution in [-0.4, -0.2) is 21.1 Å². The van der Waals surface area contributed by atoms with Crippen molar-refractivity contribution < 1.29 is 10.2 Å². The van der Waals surface area contributed by atoms with Crippen molar-refractivity contribution in [2.75, 3.05) is 0 Å². The fraction of sp³-hybridized carbons (Fsp3) is 0.625. The van der Waals surface area contributed by atoms with Crippen LogP contribution in [0.3, 0.4) is 0 Å². The second-order valence-electron chi connectivity index (χ2n) is 3.10. The van der Waals surface area contributed by atoms with Gasteiger partial charge in [-0.2, -0.15) is 0 Å². The highest BCUT2D eigenvalue weighted by Gasteiger charge is 2.24. The molecular formula is C8H14ClNO2. The highest BCUT2D eigenvalue weighted by molar-refractivity contribution is 6.69. The van der Waals surface area contributed by atoms with Gasteiger partial charge in [0, 0.05) is 5.92 Å². The number of hydrogen-bond acceptors (Lipinski definition) is 3. The number of nitrogens with zero attached hydrogens (tertiary/aromatic N) is 1. The third-order valence-electron chi connectivity index (χ3n) is 1.66. The molecule has 0 saturated carbocycles. The van der Waals surface area contributed by atoms with Gasteiger partial charge in [-0.1, -0.05) is 32.0 Å². The molecule has 0 rings (SSSR count). The summed E-state index contributed by atoms with van der Waals surface area (Å²) in [5.41, 5.74) is -1.26. The van der Waals surface area contributed by atoms with Crippen LogP contribution in [0.1, 0.15) is 20.8 Å². The molecule has 1 atom stereocenters. The van der Waals surface area contributed by atoms with E-state index >= 15 is 0 Å². The van der Waals surface area contributed by atoms with Gasteiger partial charge in [0.15, 0.2) is 10.9 Å². The van der Waals surface area contributed by atoms with Crippen LogP contribution in [0.15, 0.2) is 17.3 Å². The number of aliphatic hydroxyl groups is 2. The number of aliphatic imine (C=N–C) groups is 1. The van der Waals surface area contributed by atoms with E-state index in [4.69, 9.17) is 16.7 Å². The molecule has 12 heavy (non-hydrogen) atoms.